The molecular weight excluding hydrogens is 370 g/mol. The SMILES string of the molecule is Cc1cc(-c2c(C)c(C(=O)c3cnn(C)c3O)cc(C)c2S(C)(=O)=O)on1. The number of hydrogen-bond acceptors (Lipinski definition) is 7. The molecule has 3 rings (SSSR count). The average molecular weight is 389 g/mol. The number of sulfone groups is 1. The molecule has 2 heterocycles. The second-order valence-electron chi connectivity index (χ2n) is 6.51. The molecule has 0 radical (unpaired) electrons. The summed E-state index contributed by atoms with van der Waals surface area (Å²) in [4.78, 5) is 13.1. The Hall–Kier alpha value is -2.94. The van der Waals surface area contributed by atoms with Gasteiger partial charge in [-0.25, -0.2) is 13.1 Å². The molecule has 0 atom stereocenters. The predicted octanol–water partition coefficient (Wildman–Crippen LogP) is 2.34. The normalized spacial score (nSPS) is 11.7. The van der Waals surface area contributed by atoms with Crippen LogP contribution >= 0.6 is 0 Å². The van der Waals surface area contributed by atoms with E-state index in [1.807, 2.05) is 0 Å². The summed E-state index contributed by atoms with van der Waals surface area (Å²) in [5.74, 6) is -0.460. The maximum atomic E-state index is 13.0. The van der Waals surface area contributed by atoms with E-state index in [9.17, 15) is 18.3 Å². The van der Waals surface area contributed by atoms with E-state index in [1.54, 1.807) is 26.8 Å². The molecule has 0 aliphatic carbocycles. The summed E-state index contributed by atoms with van der Waals surface area (Å²) in [6, 6.07) is 3.12. The van der Waals surface area contributed by atoms with Gasteiger partial charge in [-0.3, -0.25) is 4.79 Å². The fourth-order valence-corrected chi connectivity index (χ4v) is 4.39. The van der Waals surface area contributed by atoms with Gasteiger partial charge < -0.3 is 9.63 Å². The summed E-state index contributed by atoms with van der Waals surface area (Å²) in [6.45, 7) is 4.97. The van der Waals surface area contributed by atoms with Gasteiger partial charge >= 0.3 is 0 Å². The molecular formula is C18H19N3O5S. The lowest BCUT2D eigenvalue weighted by Crippen LogP contribution is -2.10. The number of ketones is 1. The number of benzene rings is 1. The highest BCUT2D eigenvalue weighted by Gasteiger charge is 2.28. The van der Waals surface area contributed by atoms with Gasteiger partial charge in [0, 0.05) is 30.5 Å². The molecule has 3 aromatic rings. The molecule has 27 heavy (non-hydrogen) atoms. The molecule has 0 unspecified atom stereocenters. The highest BCUT2D eigenvalue weighted by Crippen LogP contribution is 2.37. The van der Waals surface area contributed by atoms with Crippen molar-refractivity contribution in [2.75, 3.05) is 6.26 Å². The van der Waals surface area contributed by atoms with Crippen molar-refractivity contribution in [2.45, 2.75) is 25.7 Å². The average Bonchev–Trinajstić information content (AvgIpc) is 3.13. The molecule has 9 heteroatoms. The zero-order valence-electron chi connectivity index (χ0n) is 15.6. The monoisotopic (exact) mass is 389 g/mol. The van der Waals surface area contributed by atoms with Crippen LogP contribution in [0.1, 0.15) is 32.7 Å². The van der Waals surface area contributed by atoms with Gasteiger partial charge in [-0.2, -0.15) is 5.10 Å². The number of carbonyl (C=O) groups is 1. The van der Waals surface area contributed by atoms with Crippen molar-refractivity contribution >= 4 is 15.6 Å². The number of aromatic hydroxyl groups is 1. The summed E-state index contributed by atoms with van der Waals surface area (Å²) in [5, 5.41) is 17.8. The Morgan fingerprint density at radius 2 is 1.85 bits per heavy atom. The molecule has 0 amide bonds. The van der Waals surface area contributed by atoms with Crippen molar-refractivity contribution in [3.05, 3.63) is 46.3 Å². The highest BCUT2D eigenvalue weighted by molar-refractivity contribution is 7.90. The first-order chi connectivity index (χ1) is 12.5. The lowest BCUT2D eigenvalue weighted by atomic mass is 9.93. The minimum atomic E-state index is -3.60. The summed E-state index contributed by atoms with van der Waals surface area (Å²) in [6.07, 6.45) is 2.38. The van der Waals surface area contributed by atoms with Crippen molar-refractivity contribution in [3.8, 4) is 17.2 Å². The van der Waals surface area contributed by atoms with Crippen LogP contribution in [0, 0.1) is 20.8 Å². The number of hydrogen-bond donors (Lipinski definition) is 1. The smallest absolute Gasteiger partial charge is 0.220 e. The number of carbonyl (C=O) groups excluding carboxylic acids is 1. The molecule has 0 saturated heterocycles. The molecule has 0 spiro atoms. The number of aromatic nitrogens is 3. The van der Waals surface area contributed by atoms with Gasteiger partial charge in [-0.15, -0.1) is 0 Å². The maximum Gasteiger partial charge on any atom is 0.220 e. The molecule has 0 aliphatic rings. The van der Waals surface area contributed by atoms with E-state index in [0.717, 1.165) is 6.26 Å². The quantitative estimate of drug-likeness (QED) is 0.681. The van der Waals surface area contributed by atoms with Crippen molar-refractivity contribution in [1.82, 2.24) is 14.9 Å². The molecule has 0 aliphatic heterocycles. The Balaban J connectivity index is 2.34. The first-order valence-corrected chi connectivity index (χ1v) is 9.95. The number of nitrogens with zero attached hydrogens (tertiary/aromatic N) is 3. The minimum Gasteiger partial charge on any atom is -0.493 e. The lowest BCUT2D eigenvalue weighted by Gasteiger charge is -2.16. The molecule has 1 aromatic carbocycles. The second kappa shape index (κ2) is 6.34. The fraction of sp³-hybridized carbons (Fsp3) is 0.278. The van der Waals surface area contributed by atoms with E-state index in [2.05, 4.69) is 10.3 Å². The van der Waals surface area contributed by atoms with E-state index < -0.39 is 15.6 Å². The van der Waals surface area contributed by atoms with Crippen LogP contribution in [0.2, 0.25) is 0 Å². The third-order valence-electron chi connectivity index (χ3n) is 4.37. The molecule has 1 N–H and O–H groups in total. The third-order valence-corrected chi connectivity index (χ3v) is 5.63. The molecule has 0 fully saturated rings. The highest BCUT2D eigenvalue weighted by atomic mass is 32.2. The van der Waals surface area contributed by atoms with E-state index in [-0.39, 0.29) is 27.7 Å². The van der Waals surface area contributed by atoms with Crippen LogP contribution in [0.3, 0.4) is 0 Å². The van der Waals surface area contributed by atoms with Crippen LogP contribution < -0.4 is 0 Å². The van der Waals surface area contributed by atoms with Gasteiger partial charge in [0.2, 0.25) is 5.88 Å². The summed E-state index contributed by atoms with van der Waals surface area (Å²) < 4.78 is 31.3. The van der Waals surface area contributed by atoms with Crippen LogP contribution in [0.15, 0.2) is 27.7 Å². The fourth-order valence-electron chi connectivity index (χ4n) is 3.12. The Morgan fingerprint density at radius 1 is 1.19 bits per heavy atom. The van der Waals surface area contributed by atoms with E-state index >= 15 is 0 Å². The van der Waals surface area contributed by atoms with Crippen molar-refractivity contribution < 1.29 is 22.8 Å². The topological polar surface area (TPSA) is 115 Å². The van der Waals surface area contributed by atoms with Gasteiger partial charge in [0.15, 0.2) is 21.4 Å². The first-order valence-electron chi connectivity index (χ1n) is 8.06. The summed E-state index contributed by atoms with van der Waals surface area (Å²) in [7, 11) is -2.09. The van der Waals surface area contributed by atoms with Crippen LogP contribution in [0.4, 0.5) is 0 Å². The standard InChI is InChI=1S/C18H19N3O5S/c1-9-6-12(16(22)13-8-19-21(4)18(13)23)11(3)15(17(9)27(5,24)25)14-7-10(2)20-26-14/h6-8,23H,1-5H3. The molecule has 0 saturated carbocycles. The Bertz CT molecular complexity index is 1170. The molecule has 2 aromatic heterocycles. The van der Waals surface area contributed by atoms with Gasteiger partial charge in [-0.1, -0.05) is 5.16 Å². The third kappa shape index (κ3) is 3.14. The van der Waals surface area contributed by atoms with Gasteiger partial charge in [0.05, 0.1) is 16.8 Å². The Labute approximate surface area is 156 Å². The second-order valence-corrected chi connectivity index (χ2v) is 8.46. The van der Waals surface area contributed by atoms with Crippen LogP contribution in [-0.2, 0) is 16.9 Å². The Morgan fingerprint density at radius 3 is 2.33 bits per heavy atom. The number of rotatable bonds is 4. The van der Waals surface area contributed by atoms with Crippen LogP contribution in [0.25, 0.3) is 11.3 Å². The van der Waals surface area contributed by atoms with Crippen molar-refractivity contribution in [3.63, 3.8) is 0 Å². The van der Waals surface area contributed by atoms with Crippen LogP contribution in [0.5, 0.6) is 5.88 Å². The zero-order chi connectivity index (χ0) is 20.1. The molecule has 8 nitrogen and oxygen atoms in total. The predicted molar refractivity (Wildman–Crippen MR) is 97.6 cm³/mol. The Kier molecular flexibility index (Phi) is 4.43. The minimum absolute atomic E-state index is 0.0341. The van der Waals surface area contributed by atoms with E-state index in [1.165, 1.54) is 24.0 Å². The van der Waals surface area contributed by atoms with Gasteiger partial charge in [-0.05, 0) is 38.0 Å². The zero-order valence-corrected chi connectivity index (χ0v) is 16.4. The van der Waals surface area contributed by atoms with Crippen molar-refractivity contribution in [1.29, 1.82) is 0 Å². The molecule has 0 bridgehead atoms. The number of aryl methyl sites for hydroxylation is 3. The van der Waals surface area contributed by atoms with Gasteiger partial charge in [0.1, 0.15) is 5.56 Å². The molecule has 142 valence electrons. The largest absolute Gasteiger partial charge is 0.493 e. The first kappa shape index (κ1) is 18.8. The van der Waals surface area contributed by atoms with Gasteiger partial charge in [0.25, 0.3) is 0 Å². The maximum absolute atomic E-state index is 13.0. The summed E-state index contributed by atoms with van der Waals surface area (Å²) in [5.41, 5.74) is 2.00. The summed E-state index contributed by atoms with van der Waals surface area (Å²) >= 11 is 0. The lowest BCUT2D eigenvalue weighted by molar-refractivity contribution is 0.103. The van der Waals surface area contributed by atoms with Crippen LogP contribution in [-0.4, -0.2) is 40.5 Å². The van der Waals surface area contributed by atoms with Crippen molar-refractivity contribution in [2.24, 2.45) is 7.05 Å². The van der Waals surface area contributed by atoms with E-state index in [0.29, 0.717) is 22.4 Å². The van der Waals surface area contributed by atoms with E-state index in [4.69, 9.17) is 4.52 Å².